The first-order valence-corrected chi connectivity index (χ1v) is 9.13. The van der Waals surface area contributed by atoms with E-state index in [2.05, 4.69) is 29.6 Å². The number of hydrogen-bond acceptors (Lipinski definition) is 3. The van der Waals surface area contributed by atoms with E-state index in [0.29, 0.717) is 25.6 Å². The van der Waals surface area contributed by atoms with Gasteiger partial charge in [0.15, 0.2) is 11.5 Å². The molecule has 0 bridgehead atoms. The van der Waals surface area contributed by atoms with Gasteiger partial charge in [0.1, 0.15) is 13.2 Å². The number of rotatable bonds is 4. The van der Waals surface area contributed by atoms with Crippen molar-refractivity contribution in [1.29, 1.82) is 0 Å². The summed E-state index contributed by atoms with van der Waals surface area (Å²) in [5.41, 5.74) is 0.912. The Bertz CT molecular complexity index is 646. The van der Waals surface area contributed by atoms with Crippen LogP contribution in [0.25, 0.3) is 0 Å². The number of ether oxygens (including phenoxy) is 2. The van der Waals surface area contributed by atoms with Crippen LogP contribution >= 0.6 is 0 Å². The number of fused-ring (bicyclic) bond motifs is 1. The van der Waals surface area contributed by atoms with Gasteiger partial charge in [-0.25, -0.2) is 0 Å². The summed E-state index contributed by atoms with van der Waals surface area (Å²) >= 11 is 0. The van der Waals surface area contributed by atoms with Gasteiger partial charge in [-0.15, -0.1) is 0 Å². The maximum atomic E-state index is 12.6. The molecular weight excluding hydrogens is 302 g/mol. The van der Waals surface area contributed by atoms with Crippen molar-refractivity contribution in [2.24, 2.45) is 5.92 Å². The Labute approximate surface area is 143 Å². The summed E-state index contributed by atoms with van der Waals surface area (Å²) < 4.78 is 11.4. The number of benzene rings is 1. The summed E-state index contributed by atoms with van der Waals surface area (Å²) in [5.74, 6) is 2.19. The van der Waals surface area contributed by atoms with Crippen LogP contribution in [0, 0.1) is 5.92 Å². The van der Waals surface area contributed by atoms with Gasteiger partial charge in [-0.1, -0.05) is 31.1 Å². The van der Waals surface area contributed by atoms with Crippen LogP contribution in [0.3, 0.4) is 0 Å². The molecule has 2 aliphatic carbocycles. The Morgan fingerprint density at radius 2 is 1.96 bits per heavy atom. The van der Waals surface area contributed by atoms with E-state index in [4.69, 9.17) is 9.47 Å². The molecule has 128 valence electrons. The molecule has 1 unspecified atom stereocenters. The van der Waals surface area contributed by atoms with Gasteiger partial charge in [0, 0.05) is 6.42 Å². The van der Waals surface area contributed by atoms with Crippen LogP contribution in [0.15, 0.2) is 30.4 Å². The number of carbonyl (C=O) groups excluding carboxylic acids is 1. The Hall–Kier alpha value is -1.97. The molecule has 24 heavy (non-hydrogen) atoms. The first-order chi connectivity index (χ1) is 11.8. The van der Waals surface area contributed by atoms with E-state index in [9.17, 15) is 4.79 Å². The predicted molar refractivity (Wildman–Crippen MR) is 92.2 cm³/mol. The van der Waals surface area contributed by atoms with E-state index < -0.39 is 0 Å². The predicted octanol–water partition coefficient (Wildman–Crippen LogP) is 3.70. The number of allylic oxidation sites excluding steroid dienone is 2. The Morgan fingerprint density at radius 3 is 2.71 bits per heavy atom. The summed E-state index contributed by atoms with van der Waals surface area (Å²) in [7, 11) is 0. The molecule has 0 spiro atoms. The van der Waals surface area contributed by atoms with Crippen LogP contribution in [-0.2, 0) is 10.3 Å². The molecule has 4 heteroatoms. The summed E-state index contributed by atoms with van der Waals surface area (Å²) in [4.78, 5) is 12.6. The maximum absolute atomic E-state index is 12.6. The SMILES string of the molecule is O=C(CC1C=CCC1)NC1(c2ccc3c(c2)OCCO3)CCCC1. The number of nitrogens with one attached hydrogen (secondary N) is 1. The molecule has 3 aliphatic rings. The molecule has 0 aromatic heterocycles. The molecular formula is C20H25NO3. The molecule has 0 radical (unpaired) electrons. The highest BCUT2D eigenvalue weighted by Crippen LogP contribution is 2.42. The van der Waals surface area contributed by atoms with E-state index >= 15 is 0 Å². The van der Waals surface area contributed by atoms with Crippen LogP contribution in [0.4, 0.5) is 0 Å². The van der Waals surface area contributed by atoms with Gasteiger partial charge in [-0.05, 0) is 49.3 Å². The molecule has 1 N–H and O–H groups in total. The van der Waals surface area contributed by atoms with Gasteiger partial charge in [0.2, 0.25) is 5.91 Å². The van der Waals surface area contributed by atoms with Crippen LogP contribution in [0.1, 0.15) is 50.5 Å². The molecule has 1 aromatic rings. The third-order valence-corrected chi connectivity index (χ3v) is 5.49. The first-order valence-electron chi connectivity index (χ1n) is 9.13. The molecule has 0 saturated heterocycles. The molecule has 1 amide bonds. The summed E-state index contributed by atoms with van der Waals surface area (Å²) in [6.07, 6.45) is 11.5. The fourth-order valence-electron chi connectivity index (χ4n) is 4.23. The van der Waals surface area contributed by atoms with Crippen LogP contribution < -0.4 is 14.8 Å². The molecule has 4 rings (SSSR count). The molecule has 1 aliphatic heterocycles. The zero-order chi connectivity index (χ0) is 16.4. The third-order valence-electron chi connectivity index (χ3n) is 5.49. The normalized spacial score (nSPS) is 24.1. The van der Waals surface area contributed by atoms with Crippen molar-refractivity contribution in [1.82, 2.24) is 5.32 Å². The fourth-order valence-corrected chi connectivity index (χ4v) is 4.23. The quantitative estimate of drug-likeness (QED) is 0.858. The summed E-state index contributed by atoms with van der Waals surface area (Å²) in [6.45, 7) is 1.19. The van der Waals surface area contributed by atoms with Gasteiger partial charge in [0.25, 0.3) is 0 Å². The van der Waals surface area contributed by atoms with Gasteiger partial charge < -0.3 is 14.8 Å². The molecule has 1 heterocycles. The third kappa shape index (κ3) is 3.02. The number of carbonyl (C=O) groups is 1. The lowest BCUT2D eigenvalue weighted by Crippen LogP contribution is -2.44. The van der Waals surface area contributed by atoms with E-state index in [0.717, 1.165) is 55.6 Å². The van der Waals surface area contributed by atoms with Crippen molar-refractivity contribution in [2.75, 3.05) is 13.2 Å². The summed E-state index contributed by atoms with van der Waals surface area (Å²) in [5, 5.41) is 3.37. The van der Waals surface area contributed by atoms with E-state index in [1.165, 1.54) is 0 Å². The van der Waals surface area contributed by atoms with Gasteiger partial charge in [-0.2, -0.15) is 0 Å². The largest absolute Gasteiger partial charge is 0.486 e. The van der Waals surface area contributed by atoms with E-state index in [1.807, 2.05) is 6.07 Å². The van der Waals surface area contributed by atoms with Crippen molar-refractivity contribution in [3.05, 3.63) is 35.9 Å². The van der Waals surface area contributed by atoms with E-state index in [-0.39, 0.29) is 11.4 Å². The van der Waals surface area contributed by atoms with Gasteiger partial charge in [0.05, 0.1) is 5.54 Å². The lowest BCUT2D eigenvalue weighted by molar-refractivity contribution is -0.123. The standard InChI is InChI=1S/C20H25NO3/c22-19(13-15-5-1-2-6-15)21-20(9-3-4-10-20)16-7-8-17-18(14-16)24-12-11-23-17/h1,5,7-8,14-15H,2-4,6,9-13H2,(H,21,22). The Balaban J connectivity index is 1.54. The average Bonchev–Trinajstić information content (AvgIpc) is 3.27. The van der Waals surface area contributed by atoms with Crippen LogP contribution in [0.2, 0.25) is 0 Å². The second kappa shape index (κ2) is 6.50. The topological polar surface area (TPSA) is 47.6 Å². The minimum Gasteiger partial charge on any atom is -0.486 e. The second-order valence-electron chi connectivity index (χ2n) is 7.17. The van der Waals surface area contributed by atoms with Crippen molar-refractivity contribution in [3.63, 3.8) is 0 Å². The lowest BCUT2D eigenvalue weighted by atomic mass is 9.87. The molecule has 4 nitrogen and oxygen atoms in total. The zero-order valence-corrected chi connectivity index (χ0v) is 14.1. The average molecular weight is 327 g/mol. The highest BCUT2D eigenvalue weighted by molar-refractivity contribution is 5.77. The maximum Gasteiger partial charge on any atom is 0.221 e. The second-order valence-corrected chi connectivity index (χ2v) is 7.17. The minimum absolute atomic E-state index is 0.170. The van der Waals surface area contributed by atoms with Gasteiger partial charge >= 0.3 is 0 Å². The fraction of sp³-hybridized carbons (Fsp3) is 0.550. The lowest BCUT2D eigenvalue weighted by Gasteiger charge is -2.32. The zero-order valence-electron chi connectivity index (χ0n) is 14.1. The molecule has 1 fully saturated rings. The highest BCUT2D eigenvalue weighted by atomic mass is 16.6. The summed E-state index contributed by atoms with van der Waals surface area (Å²) in [6, 6.07) is 6.14. The molecule has 1 saturated carbocycles. The van der Waals surface area contributed by atoms with Crippen molar-refractivity contribution >= 4 is 5.91 Å². The van der Waals surface area contributed by atoms with Crippen molar-refractivity contribution in [3.8, 4) is 11.5 Å². The van der Waals surface area contributed by atoms with Crippen molar-refractivity contribution < 1.29 is 14.3 Å². The smallest absolute Gasteiger partial charge is 0.221 e. The van der Waals surface area contributed by atoms with Crippen molar-refractivity contribution in [2.45, 2.75) is 50.5 Å². The number of hydrogen-bond donors (Lipinski definition) is 1. The van der Waals surface area contributed by atoms with Gasteiger partial charge in [-0.3, -0.25) is 4.79 Å². The molecule has 1 aromatic carbocycles. The molecule has 1 atom stereocenters. The Morgan fingerprint density at radius 1 is 1.17 bits per heavy atom. The monoisotopic (exact) mass is 327 g/mol. The number of amides is 1. The van der Waals surface area contributed by atoms with E-state index in [1.54, 1.807) is 0 Å². The Kier molecular flexibility index (Phi) is 4.21. The van der Waals surface area contributed by atoms with Crippen LogP contribution in [-0.4, -0.2) is 19.1 Å². The minimum atomic E-state index is -0.241. The highest BCUT2D eigenvalue weighted by Gasteiger charge is 2.38. The first kappa shape index (κ1) is 15.6. The van der Waals surface area contributed by atoms with Crippen LogP contribution in [0.5, 0.6) is 11.5 Å².